The van der Waals surface area contributed by atoms with Crippen molar-refractivity contribution in [1.82, 2.24) is 20.9 Å². The average molecular weight is 560 g/mol. The van der Waals surface area contributed by atoms with Crippen LogP contribution in [-0.2, 0) is 25.6 Å². The number of carbonyl (C=O) groups excluding carboxylic acids is 3. The molecule has 0 saturated heterocycles. The third kappa shape index (κ3) is 9.92. The minimum atomic E-state index is -1.16. The van der Waals surface area contributed by atoms with Gasteiger partial charge in [-0.25, -0.2) is 4.79 Å². The topological polar surface area (TPSA) is 218 Å². The summed E-state index contributed by atoms with van der Waals surface area (Å²) in [6.07, 6.45) is 5.02. The molecule has 12 nitrogen and oxygen atoms in total. The molecule has 4 unspecified atom stereocenters. The van der Waals surface area contributed by atoms with Crippen LogP contribution in [0, 0.1) is 5.92 Å². The molecule has 12 heteroatoms. The number of carboxylic acids is 1. The summed E-state index contributed by atoms with van der Waals surface area (Å²) >= 11 is 0. The molecule has 3 amide bonds. The number of aromatic amines is 1. The number of carboxylic acid groups (broad SMARTS) is 1. The van der Waals surface area contributed by atoms with E-state index in [0.717, 1.165) is 16.5 Å². The Bertz CT molecular complexity index is 1120. The van der Waals surface area contributed by atoms with Gasteiger partial charge in [-0.05, 0) is 75.6 Å². The first-order chi connectivity index (χ1) is 19.1. The molecule has 0 bridgehead atoms. The van der Waals surface area contributed by atoms with Crippen molar-refractivity contribution in [2.24, 2.45) is 23.1 Å². The molecule has 222 valence electrons. The summed E-state index contributed by atoms with van der Waals surface area (Å²) in [7, 11) is 0. The number of nitrogens with one attached hydrogen (secondary N) is 4. The quantitative estimate of drug-likeness (QED) is 0.120. The summed E-state index contributed by atoms with van der Waals surface area (Å²) in [4.78, 5) is 54.2. The first-order valence-electron chi connectivity index (χ1n) is 13.9. The monoisotopic (exact) mass is 559 g/mol. The van der Waals surface area contributed by atoms with Crippen LogP contribution in [0.4, 0.5) is 0 Å². The van der Waals surface area contributed by atoms with E-state index in [2.05, 4.69) is 20.9 Å². The number of benzene rings is 1. The molecule has 0 spiro atoms. The van der Waals surface area contributed by atoms with E-state index >= 15 is 0 Å². The molecule has 0 aliphatic carbocycles. The van der Waals surface area contributed by atoms with E-state index in [4.69, 9.17) is 17.2 Å². The van der Waals surface area contributed by atoms with Gasteiger partial charge in [0.15, 0.2) is 0 Å². The third-order valence-corrected chi connectivity index (χ3v) is 6.84. The molecule has 1 heterocycles. The summed E-state index contributed by atoms with van der Waals surface area (Å²) in [6, 6.07) is 3.75. The first kappa shape index (κ1) is 32.7. The van der Waals surface area contributed by atoms with E-state index in [0.29, 0.717) is 45.2 Å². The Morgan fingerprint density at radius 3 is 2.05 bits per heavy atom. The second kappa shape index (κ2) is 16.6. The Kier molecular flexibility index (Phi) is 13.6. The van der Waals surface area contributed by atoms with Gasteiger partial charge in [-0.3, -0.25) is 14.4 Å². The largest absolute Gasteiger partial charge is 0.480 e. The summed E-state index contributed by atoms with van der Waals surface area (Å²) in [5.41, 5.74) is 19.2. The van der Waals surface area contributed by atoms with Crippen molar-refractivity contribution < 1.29 is 24.3 Å². The average Bonchev–Trinajstić information content (AvgIpc) is 3.32. The van der Waals surface area contributed by atoms with E-state index in [-0.39, 0.29) is 18.8 Å². The van der Waals surface area contributed by atoms with Crippen LogP contribution in [-0.4, -0.2) is 71.0 Å². The fraction of sp³-hybridized carbons (Fsp3) is 0.571. The lowest BCUT2D eigenvalue weighted by molar-refractivity contribution is -0.142. The van der Waals surface area contributed by atoms with Gasteiger partial charge in [0.2, 0.25) is 17.7 Å². The van der Waals surface area contributed by atoms with E-state index in [1.807, 2.05) is 30.5 Å². The molecule has 0 saturated carbocycles. The number of para-hydroxylation sites is 1. The Balaban J connectivity index is 2.09. The van der Waals surface area contributed by atoms with Gasteiger partial charge in [0.1, 0.15) is 18.1 Å². The fourth-order valence-electron chi connectivity index (χ4n) is 4.47. The minimum Gasteiger partial charge on any atom is -0.480 e. The van der Waals surface area contributed by atoms with Crippen molar-refractivity contribution in [3.8, 4) is 0 Å². The van der Waals surface area contributed by atoms with Gasteiger partial charge in [-0.2, -0.15) is 0 Å². The first-order valence-corrected chi connectivity index (χ1v) is 13.9. The highest BCUT2D eigenvalue weighted by Gasteiger charge is 2.31. The molecule has 2 aromatic rings. The maximum atomic E-state index is 13.3. The highest BCUT2D eigenvalue weighted by molar-refractivity contribution is 5.94. The summed E-state index contributed by atoms with van der Waals surface area (Å²) in [6.45, 7) is 4.34. The highest BCUT2D eigenvalue weighted by atomic mass is 16.4. The van der Waals surface area contributed by atoms with Gasteiger partial charge in [0, 0.05) is 17.1 Å². The van der Waals surface area contributed by atoms with Gasteiger partial charge in [-0.15, -0.1) is 0 Å². The number of nitrogens with two attached hydrogens (primary N) is 3. The molecule has 1 aromatic heterocycles. The van der Waals surface area contributed by atoms with Gasteiger partial charge in [0.05, 0.1) is 6.04 Å². The molecule has 0 fully saturated rings. The fourth-order valence-corrected chi connectivity index (χ4v) is 4.47. The number of rotatable bonds is 18. The lowest BCUT2D eigenvalue weighted by atomic mass is 10.00. The molecular formula is C28H45N7O5. The summed E-state index contributed by atoms with van der Waals surface area (Å²) < 4.78 is 0. The van der Waals surface area contributed by atoms with E-state index in [1.54, 1.807) is 13.8 Å². The van der Waals surface area contributed by atoms with Gasteiger partial charge >= 0.3 is 5.97 Å². The third-order valence-electron chi connectivity index (χ3n) is 6.84. The second-order valence-electron chi connectivity index (χ2n) is 10.4. The predicted octanol–water partition coefficient (Wildman–Crippen LogP) is 0.491. The van der Waals surface area contributed by atoms with Gasteiger partial charge in [0.25, 0.3) is 0 Å². The van der Waals surface area contributed by atoms with Crippen molar-refractivity contribution in [2.75, 3.05) is 13.1 Å². The molecule has 0 aliphatic rings. The summed E-state index contributed by atoms with van der Waals surface area (Å²) in [5.74, 6) is -3.14. The van der Waals surface area contributed by atoms with Crippen molar-refractivity contribution >= 4 is 34.6 Å². The van der Waals surface area contributed by atoms with Crippen LogP contribution in [0.5, 0.6) is 0 Å². The van der Waals surface area contributed by atoms with Gasteiger partial charge in [-0.1, -0.05) is 32.0 Å². The van der Waals surface area contributed by atoms with Crippen LogP contribution in [0.25, 0.3) is 10.9 Å². The van der Waals surface area contributed by atoms with Crippen molar-refractivity contribution in [1.29, 1.82) is 0 Å². The molecular weight excluding hydrogens is 514 g/mol. The Hall–Kier alpha value is -3.48. The Labute approximate surface area is 235 Å². The number of aliphatic carboxylic acids is 1. The van der Waals surface area contributed by atoms with E-state index in [9.17, 15) is 24.3 Å². The number of carbonyl (C=O) groups is 4. The maximum Gasteiger partial charge on any atom is 0.326 e. The zero-order valence-corrected chi connectivity index (χ0v) is 23.4. The Morgan fingerprint density at radius 2 is 1.45 bits per heavy atom. The highest BCUT2D eigenvalue weighted by Crippen LogP contribution is 2.19. The van der Waals surface area contributed by atoms with E-state index < -0.39 is 47.9 Å². The number of unbranched alkanes of at least 4 members (excludes halogenated alkanes) is 2. The molecule has 0 radical (unpaired) electrons. The number of fused-ring (bicyclic) bond motifs is 1. The lowest BCUT2D eigenvalue weighted by Gasteiger charge is -2.27. The van der Waals surface area contributed by atoms with Crippen molar-refractivity contribution in [3.63, 3.8) is 0 Å². The van der Waals surface area contributed by atoms with Crippen molar-refractivity contribution in [2.45, 2.75) is 83.0 Å². The molecule has 1 aromatic carbocycles. The number of hydrogen-bond acceptors (Lipinski definition) is 7. The zero-order valence-electron chi connectivity index (χ0n) is 23.4. The Morgan fingerprint density at radius 1 is 0.850 bits per heavy atom. The maximum absolute atomic E-state index is 13.3. The van der Waals surface area contributed by atoms with Crippen LogP contribution < -0.4 is 33.2 Å². The smallest absolute Gasteiger partial charge is 0.326 e. The van der Waals surface area contributed by atoms with Crippen molar-refractivity contribution in [3.05, 3.63) is 36.0 Å². The molecule has 11 N–H and O–H groups in total. The van der Waals surface area contributed by atoms with E-state index in [1.165, 1.54) is 0 Å². The molecule has 40 heavy (non-hydrogen) atoms. The normalized spacial score (nSPS) is 14.3. The number of amides is 3. The minimum absolute atomic E-state index is 0.225. The van der Waals surface area contributed by atoms with Crippen LogP contribution in [0.15, 0.2) is 30.5 Å². The molecule has 4 atom stereocenters. The number of hydrogen-bond donors (Lipinski definition) is 8. The van der Waals surface area contributed by atoms with Gasteiger partial charge < -0.3 is 43.2 Å². The molecule has 2 rings (SSSR count). The SMILES string of the molecule is CC(C)C(NC(=O)C(CCCCN)NC(=O)C(N)Cc1c[nH]c2ccccc12)C(=O)NC(CCCCN)C(=O)O. The number of aromatic nitrogens is 1. The molecule has 0 aliphatic heterocycles. The second-order valence-corrected chi connectivity index (χ2v) is 10.4. The van der Waals surface area contributed by atoms with Crippen LogP contribution in [0.3, 0.4) is 0 Å². The van der Waals surface area contributed by atoms with Crippen LogP contribution in [0.1, 0.15) is 57.9 Å². The number of H-pyrrole nitrogens is 1. The van der Waals surface area contributed by atoms with Crippen LogP contribution in [0.2, 0.25) is 0 Å². The van der Waals surface area contributed by atoms with Crippen LogP contribution >= 0.6 is 0 Å². The predicted molar refractivity (Wildman–Crippen MR) is 154 cm³/mol. The standard InChI is InChI=1S/C28H45N7O5/c1-17(2)24(27(38)34-23(28(39)40)12-6-8-14-30)35-26(37)22(11-5-7-13-29)33-25(36)20(31)15-18-16-32-21-10-4-3-9-19(18)21/h3-4,9-10,16-17,20,22-24,32H,5-8,11-15,29-31H2,1-2H3,(H,33,36)(H,34,38)(H,35,37)(H,39,40). The zero-order chi connectivity index (χ0) is 29.7. The lowest BCUT2D eigenvalue weighted by Crippen LogP contribution is -2.58. The summed E-state index contributed by atoms with van der Waals surface area (Å²) in [5, 5.41) is 18.5.